The molecule has 2 aromatic rings. The molecule has 0 unspecified atom stereocenters. The SMILES string of the molecule is Cc1ccccc1N(C)c1ccc(CNCC(C)C)nn1. The lowest BCUT2D eigenvalue weighted by Crippen LogP contribution is -2.20. The molecule has 0 fully saturated rings. The summed E-state index contributed by atoms with van der Waals surface area (Å²) in [6, 6.07) is 12.3. The highest BCUT2D eigenvalue weighted by atomic mass is 15.3. The van der Waals surface area contributed by atoms with Crippen molar-refractivity contribution in [1.82, 2.24) is 15.5 Å². The summed E-state index contributed by atoms with van der Waals surface area (Å²) >= 11 is 0. The minimum absolute atomic E-state index is 0.643. The van der Waals surface area contributed by atoms with E-state index in [1.165, 1.54) is 5.56 Å². The number of hydrogen-bond acceptors (Lipinski definition) is 4. The van der Waals surface area contributed by atoms with Crippen LogP contribution in [0.15, 0.2) is 36.4 Å². The zero-order valence-corrected chi connectivity index (χ0v) is 13.3. The molecule has 0 amide bonds. The molecule has 0 spiro atoms. The van der Waals surface area contributed by atoms with Crippen LogP contribution < -0.4 is 10.2 Å². The predicted octanol–water partition coefficient (Wildman–Crippen LogP) is 3.30. The topological polar surface area (TPSA) is 41.0 Å². The Morgan fingerprint density at radius 2 is 1.86 bits per heavy atom. The second-order valence-corrected chi connectivity index (χ2v) is 5.75. The Hall–Kier alpha value is -1.94. The van der Waals surface area contributed by atoms with E-state index in [9.17, 15) is 0 Å². The van der Waals surface area contributed by atoms with Crippen LogP contribution in [0.1, 0.15) is 25.1 Å². The van der Waals surface area contributed by atoms with Gasteiger partial charge in [-0.1, -0.05) is 32.0 Å². The van der Waals surface area contributed by atoms with E-state index in [4.69, 9.17) is 0 Å². The van der Waals surface area contributed by atoms with E-state index in [1.807, 2.05) is 31.3 Å². The lowest BCUT2D eigenvalue weighted by atomic mass is 10.2. The zero-order chi connectivity index (χ0) is 15.2. The van der Waals surface area contributed by atoms with Crippen LogP contribution in [-0.4, -0.2) is 23.8 Å². The molecule has 1 heterocycles. The lowest BCUT2D eigenvalue weighted by molar-refractivity contribution is 0.546. The van der Waals surface area contributed by atoms with Gasteiger partial charge in [-0.3, -0.25) is 0 Å². The highest BCUT2D eigenvalue weighted by Crippen LogP contribution is 2.24. The van der Waals surface area contributed by atoms with Crippen molar-refractivity contribution in [1.29, 1.82) is 0 Å². The number of nitrogens with one attached hydrogen (secondary N) is 1. The molecule has 0 bridgehead atoms. The normalized spacial score (nSPS) is 10.9. The standard InChI is InChI=1S/C17H24N4/c1-13(2)11-18-12-15-9-10-17(20-19-15)21(4)16-8-6-5-7-14(16)3/h5-10,13,18H,11-12H2,1-4H3. The number of aryl methyl sites for hydroxylation is 1. The summed E-state index contributed by atoms with van der Waals surface area (Å²) in [5.41, 5.74) is 3.35. The summed E-state index contributed by atoms with van der Waals surface area (Å²) < 4.78 is 0. The van der Waals surface area contributed by atoms with Crippen LogP contribution in [0, 0.1) is 12.8 Å². The van der Waals surface area contributed by atoms with Gasteiger partial charge in [0.25, 0.3) is 0 Å². The highest BCUT2D eigenvalue weighted by molar-refractivity contribution is 5.62. The monoisotopic (exact) mass is 284 g/mol. The van der Waals surface area contributed by atoms with Crippen molar-refractivity contribution < 1.29 is 0 Å². The molecule has 1 N–H and O–H groups in total. The molecule has 0 aliphatic heterocycles. The van der Waals surface area contributed by atoms with Crippen molar-refractivity contribution in [3.8, 4) is 0 Å². The molecule has 2 rings (SSSR count). The van der Waals surface area contributed by atoms with E-state index in [0.717, 1.165) is 30.3 Å². The van der Waals surface area contributed by atoms with Gasteiger partial charge in [0.2, 0.25) is 0 Å². The van der Waals surface area contributed by atoms with E-state index in [-0.39, 0.29) is 0 Å². The number of rotatable bonds is 6. The molecular weight excluding hydrogens is 260 g/mol. The van der Waals surface area contributed by atoms with E-state index in [1.54, 1.807) is 0 Å². The van der Waals surface area contributed by atoms with Gasteiger partial charge in [0.1, 0.15) is 0 Å². The average Bonchev–Trinajstić information content (AvgIpc) is 2.47. The Morgan fingerprint density at radius 3 is 2.48 bits per heavy atom. The molecular formula is C17H24N4. The maximum atomic E-state index is 4.33. The molecule has 0 aliphatic rings. The van der Waals surface area contributed by atoms with E-state index < -0.39 is 0 Å². The van der Waals surface area contributed by atoms with Crippen LogP contribution in [0.4, 0.5) is 11.5 Å². The third-order valence-corrected chi connectivity index (χ3v) is 3.38. The fraction of sp³-hybridized carbons (Fsp3) is 0.412. The summed E-state index contributed by atoms with van der Waals surface area (Å²) in [5.74, 6) is 1.50. The Bertz CT molecular complexity index is 563. The van der Waals surface area contributed by atoms with E-state index in [2.05, 4.69) is 53.3 Å². The quantitative estimate of drug-likeness (QED) is 0.883. The van der Waals surface area contributed by atoms with Crippen molar-refractivity contribution in [2.45, 2.75) is 27.3 Å². The highest BCUT2D eigenvalue weighted by Gasteiger charge is 2.08. The Balaban J connectivity index is 2.03. The van der Waals surface area contributed by atoms with Gasteiger partial charge in [-0.15, -0.1) is 5.10 Å². The van der Waals surface area contributed by atoms with Crippen molar-refractivity contribution in [2.75, 3.05) is 18.5 Å². The molecule has 112 valence electrons. The van der Waals surface area contributed by atoms with Crippen LogP contribution in [0.25, 0.3) is 0 Å². The molecule has 0 aliphatic carbocycles. The van der Waals surface area contributed by atoms with Gasteiger partial charge in [-0.2, -0.15) is 5.10 Å². The number of hydrogen-bond donors (Lipinski definition) is 1. The molecule has 0 saturated carbocycles. The smallest absolute Gasteiger partial charge is 0.155 e. The summed E-state index contributed by atoms with van der Waals surface area (Å²) in [4.78, 5) is 2.06. The summed E-state index contributed by atoms with van der Waals surface area (Å²) in [6.07, 6.45) is 0. The van der Waals surface area contributed by atoms with Crippen molar-refractivity contribution in [3.05, 3.63) is 47.7 Å². The maximum Gasteiger partial charge on any atom is 0.155 e. The maximum absolute atomic E-state index is 4.33. The molecule has 0 saturated heterocycles. The number of aromatic nitrogens is 2. The molecule has 0 atom stereocenters. The summed E-state index contributed by atoms with van der Waals surface area (Å²) in [5, 5.41) is 12.0. The van der Waals surface area contributed by atoms with Crippen LogP contribution in [0.2, 0.25) is 0 Å². The minimum Gasteiger partial charge on any atom is -0.328 e. The third-order valence-electron chi connectivity index (χ3n) is 3.38. The van der Waals surface area contributed by atoms with Gasteiger partial charge in [0.15, 0.2) is 5.82 Å². The van der Waals surface area contributed by atoms with Gasteiger partial charge in [0.05, 0.1) is 5.69 Å². The van der Waals surface area contributed by atoms with Gasteiger partial charge < -0.3 is 10.2 Å². The van der Waals surface area contributed by atoms with Gasteiger partial charge >= 0.3 is 0 Å². The van der Waals surface area contributed by atoms with Gasteiger partial charge in [0, 0.05) is 19.3 Å². The lowest BCUT2D eigenvalue weighted by Gasteiger charge is -2.20. The van der Waals surface area contributed by atoms with E-state index >= 15 is 0 Å². The van der Waals surface area contributed by atoms with Crippen LogP contribution in [0.3, 0.4) is 0 Å². The molecule has 1 aromatic heterocycles. The number of benzene rings is 1. The number of anilines is 2. The molecule has 4 heteroatoms. The minimum atomic E-state index is 0.643. The zero-order valence-electron chi connectivity index (χ0n) is 13.3. The first-order valence-electron chi connectivity index (χ1n) is 7.40. The molecule has 4 nitrogen and oxygen atoms in total. The van der Waals surface area contributed by atoms with Crippen LogP contribution in [-0.2, 0) is 6.54 Å². The number of nitrogens with zero attached hydrogens (tertiary/aromatic N) is 3. The summed E-state index contributed by atoms with van der Waals surface area (Å²) in [7, 11) is 2.02. The molecule has 1 aromatic carbocycles. The first-order chi connectivity index (χ1) is 10.1. The van der Waals surface area contributed by atoms with Crippen molar-refractivity contribution in [3.63, 3.8) is 0 Å². The van der Waals surface area contributed by atoms with Crippen molar-refractivity contribution >= 4 is 11.5 Å². The summed E-state index contributed by atoms with van der Waals surface area (Å²) in [6.45, 7) is 8.24. The largest absolute Gasteiger partial charge is 0.328 e. The molecule has 0 radical (unpaired) electrons. The van der Waals surface area contributed by atoms with Crippen LogP contribution in [0.5, 0.6) is 0 Å². The van der Waals surface area contributed by atoms with Gasteiger partial charge in [-0.25, -0.2) is 0 Å². The van der Waals surface area contributed by atoms with E-state index in [0.29, 0.717) is 5.92 Å². The van der Waals surface area contributed by atoms with Gasteiger partial charge in [-0.05, 0) is 43.1 Å². The van der Waals surface area contributed by atoms with Crippen molar-refractivity contribution in [2.24, 2.45) is 5.92 Å². The predicted molar refractivity (Wildman–Crippen MR) is 87.8 cm³/mol. The van der Waals surface area contributed by atoms with Crippen LogP contribution >= 0.6 is 0 Å². The first-order valence-corrected chi connectivity index (χ1v) is 7.40. The first kappa shape index (κ1) is 15.4. The second-order valence-electron chi connectivity index (χ2n) is 5.75. The molecule has 21 heavy (non-hydrogen) atoms. The fourth-order valence-electron chi connectivity index (χ4n) is 2.18. The Morgan fingerprint density at radius 1 is 1.10 bits per heavy atom. The third kappa shape index (κ3) is 4.26. The average molecular weight is 284 g/mol. The number of para-hydroxylation sites is 1. The Labute approximate surface area is 127 Å². The Kier molecular flexibility index (Phi) is 5.28. The second kappa shape index (κ2) is 7.18. The fourth-order valence-corrected chi connectivity index (χ4v) is 2.18.